The Balaban J connectivity index is 1.75. The van der Waals surface area contributed by atoms with Crippen molar-refractivity contribution in [1.82, 2.24) is 10.9 Å². The second-order valence-corrected chi connectivity index (χ2v) is 7.56. The van der Waals surface area contributed by atoms with Crippen molar-refractivity contribution in [3.8, 4) is 5.75 Å². The average Bonchev–Trinajstić information content (AvgIpc) is 2.61. The Hall–Kier alpha value is -2.67. The van der Waals surface area contributed by atoms with E-state index in [1.165, 1.54) is 11.6 Å². The van der Waals surface area contributed by atoms with E-state index in [4.69, 9.17) is 17.0 Å². The molecule has 0 saturated heterocycles. The van der Waals surface area contributed by atoms with Crippen LogP contribution in [0.4, 0.5) is 10.1 Å². The van der Waals surface area contributed by atoms with Gasteiger partial charge in [-0.05, 0) is 59.9 Å². The summed E-state index contributed by atoms with van der Waals surface area (Å²) in [4.78, 5) is 11.9. The lowest BCUT2D eigenvalue weighted by Crippen LogP contribution is -2.45. The molecule has 1 amide bonds. The number of thiocarbonyl (C=S) groups is 1. The van der Waals surface area contributed by atoms with Crippen LogP contribution in [-0.4, -0.2) is 17.6 Å². The highest BCUT2D eigenvalue weighted by Crippen LogP contribution is 2.24. The molecule has 3 N–H and O–H groups in total. The number of anilines is 1. The van der Waals surface area contributed by atoms with Crippen LogP contribution >= 0.6 is 12.2 Å². The van der Waals surface area contributed by atoms with Crippen LogP contribution in [0.5, 0.6) is 5.75 Å². The SMILES string of the molecule is Cc1ccc(NC(=S)NNC(=O)COc2ccc(C(C)(C)C)cc2)cc1F. The van der Waals surface area contributed by atoms with Crippen molar-refractivity contribution in [2.75, 3.05) is 11.9 Å². The van der Waals surface area contributed by atoms with E-state index in [-0.39, 0.29) is 23.0 Å². The first-order valence-electron chi connectivity index (χ1n) is 8.50. The lowest BCUT2D eigenvalue weighted by atomic mass is 9.87. The van der Waals surface area contributed by atoms with E-state index in [9.17, 15) is 9.18 Å². The number of halogens is 1. The zero-order chi connectivity index (χ0) is 20.0. The van der Waals surface area contributed by atoms with Crippen LogP contribution in [0.25, 0.3) is 0 Å². The standard InChI is InChI=1S/C20H24FN3O2S/c1-13-5-8-15(11-17(13)21)22-19(27)24-23-18(25)12-26-16-9-6-14(7-10-16)20(2,3)4/h5-11H,12H2,1-4H3,(H,23,25)(H2,22,24,27). The minimum absolute atomic E-state index is 0.0584. The minimum atomic E-state index is -0.394. The molecule has 2 aromatic carbocycles. The van der Waals surface area contributed by atoms with Crippen LogP contribution < -0.4 is 20.9 Å². The van der Waals surface area contributed by atoms with Gasteiger partial charge < -0.3 is 10.1 Å². The summed E-state index contributed by atoms with van der Waals surface area (Å²) in [6.07, 6.45) is 0. The number of hydrogen-bond donors (Lipinski definition) is 3. The van der Waals surface area contributed by atoms with Crippen molar-refractivity contribution >= 4 is 28.9 Å². The van der Waals surface area contributed by atoms with Gasteiger partial charge in [0.25, 0.3) is 5.91 Å². The molecular weight excluding hydrogens is 365 g/mol. The normalized spacial score (nSPS) is 10.9. The highest BCUT2D eigenvalue weighted by atomic mass is 32.1. The fraction of sp³-hybridized carbons (Fsp3) is 0.300. The maximum absolute atomic E-state index is 13.5. The Labute approximate surface area is 164 Å². The van der Waals surface area contributed by atoms with E-state index in [0.29, 0.717) is 17.0 Å². The largest absolute Gasteiger partial charge is 0.484 e. The summed E-state index contributed by atoms with van der Waals surface area (Å²) in [6.45, 7) is 7.90. The summed E-state index contributed by atoms with van der Waals surface area (Å²) in [5.74, 6) is -0.124. The number of carbonyl (C=O) groups is 1. The van der Waals surface area contributed by atoms with Gasteiger partial charge in [-0.15, -0.1) is 0 Å². The Morgan fingerprint density at radius 3 is 2.37 bits per heavy atom. The molecule has 0 bridgehead atoms. The molecule has 2 rings (SSSR count). The summed E-state index contributed by atoms with van der Waals surface area (Å²) in [5, 5.41) is 2.92. The fourth-order valence-electron chi connectivity index (χ4n) is 2.20. The summed E-state index contributed by atoms with van der Waals surface area (Å²) in [5.41, 5.74) is 7.24. The van der Waals surface area contributed by atoms with E-state index in [0.717, 1.165) is 0 Å². The zero-order valence-corrected chi connectivity index (χ0v) is 16.7. The molecule has 0 saturated carbocycles. The smallest absolute Gasteiger partial charge is 0.276 e. The molecule has 7 heteroatoms. The lowest BCUT2D eigenvalue weighted by molar-refractivity contribution is -0.123. The molecule has 27 heavy (non-hydrogen) atoms. The first-order chi connectivity index (χ1) is 12.6. The van der Waals surface area contributed by atoms with Gasteiger partial charge in [-0.3, -0.25) is 15.6 Å². The molecule has 0 atom stereocenters. The molecule has 0 unspecified atom stereocenters. The van der Waals surface area contributed by atoms with Crippen molar-refractivity contribution in [2.45, 2.75) is 33.1 Å². The highest BCUT2D eigenvalue weighted by Gasteiger charge is 2.13. The van der Waals surface area contributed by atoms with Gasteiger partial charge in [0.15, 0.2) is 11.7 Å². The Bertz CT molecular complexity index is 817. The summed E-state index contributed by atoms with van der Waals surface area (Å²) in [6, 6.07) is 12.3. The number of amides is 1. The van der Waals surface area contributed by atoms with Gasteiger partial charge in [-0.25, -0.2) is 4.39 Å². The maximum Gasteiger partial charge on any atom is 0.276 e. The minimum Gasteiger partial charge on any atom is -0.484 e. The van der Waals surface area contributed by atoms with Gasteiger partial charge in [0.2, 0.25) is 0 Å². The number of ether oxygens (including phenoxy) is 1. The van der Waals surface area contributed by atoms with E-state index in [1.54, 1.807) is 19.1 Å². The van der Waals surface area contributed by atoms with E-state index >= 15 is 0 Å². The van der Waals surface area contributed by atoms with Crippen molar-refractivity contribution in [3.05, 3.63) is 59.4 Å². The van der Waals surface area contributed by atoms with Crippen LogP contribution in [0.15, 0.2) is 42.5 Å². The van der Waals surface area contributed by atoms with E-state index in [2.05, 4.69) is 36.9 Å². The number of nitrogens with one attached hydrogen (secondary N) is 3. The summed E-state index contributed by atoms with van der Waals surface area (Å²) in [7, 11) is 0. The molecule has 0 spiro atoms. The molecular formula is C20H24FN3O2S. The molecule has 0 aliphatic heterocycles. The quantitative estimate of drug-likeness (QED) is 0.548. The number of carbonyl (C=O) groups excluding carboxylic acids is 1. The van der Waals surface area contributed by atoms with Crippen molar-refractivity contribution in [1.29, 1.82) is 0 Å². The zero-order valence-electron chi connectivity index (χ0n) is 15.9. The number of benzene rings is 2. The first-order valence-corrected chi connectivity index (χ1v) is 8.91. The predicted octanol–water partition coefficient (Wildman–Crippen LogP) is 3.83. The predicted molar refractivity (Wildman–Crippen MR) is 109 cm³/mol. The molecule has 5 nitrogen and oxygen atoms in total. The van der Waals surface area contributed by atoms with Gasteiger partial charge >= 0.3 is 0 Å². The molecule has 0 aliphatic rings. The number of hydrogen-bond acceptors (Lipinski definition) is 3. The van der Waals surface area contributed by atoms with Gasteiger partial charge in [-0.2, -0.15) is 0 Å². The van der Waals surface area contributed by atoms with Gasteiger partial charge in [-0.1, -0.05) is 39.0 Å². The number of rotatable bonds is 4. The molecule has 0 aromatic heterocycles. The van der Waals surface area contributed by atoms with Gasteiger partial charge in [0.05, 0.1) is 0 Å². The Morgan fingerprint density at radius 2 is 1.78 bits per heavy atom. The number of aryl methyl sites for hydroxylation is 1. The van der Waals surface area contributed by atoms with E-state index < -0.39 is 5.91 Å². The van der Waals surface area contributed by atoms with E-state index in [1.807, 2.05) is 24.3 Å². The molecule has 2 aromatic rings. The van der Waals surface area contributed by atoms with Gasteiger partial charge in [0.1, 0.15) is 11.6 Å². The van der Waals surface area contributed by atoms with Crippen LogP contribution in [0, 0.1) is 12.7 Å². The summed E-state index contributed by atoms with van der Waals surface area (Å²) < 4.78 is 19.0. The molecule has 0 heterocycles. The maximum atomic E-state index is 13.5. The molecule has 0 radical (unpaired) electrons. The number of hydrazine groups is 1. The highest BCUT2D eigenvalue weighted by molar-refractivity contribution is 7.80. The van der Waals surface area contributed by atoms with Crippen LogP contribution in [0.3, 0.4) is 0 Å². The van der Waals surface area contributed by atoms with Crippen molar-refractivity contribution in [2.24, 2.45) is 0 Å². The fourth-order valence-corrected chi connectivity index (χ4v) is 2.36. The lowest BCUT2D eigenvalue weighted by Gasteiger charge is -2.19. The van der Waals surface area contributed by atoms with Crippen molar-refractivity contribution in [3.63, 3.8) is 0 Å². The van der Waals surface area contributed by atoms with Gasteiger partial charge in [0, 0.05) is 5.69 Å². The summed E-state index contributed by atoms with van der Waals surface area (Å²) >= 11 is 5.06. The van der Waals surface area contributed by atoms with Crippen LogP contribution in [0.1, 0.15) is 31.9 Å². The molecule has 144 valence electrons. The average molecular weight is 389 g/mol. The third-order valence-electron chi connectivity index (χ3n) is 3.84. The second-order valence-electron chi connectivity index (χ2n) is 7.15. The Morgan fingerprint density at radius 1 is 1.11 bits per heavy atom. The van der Waals surface area contributed by atoms with Crippen LogP contribution in [0.2, 0.25) is 0 Å². The topological polar surface area (TPSA) is 62.4 Å². The molecule has 0 fully saturated rings. The third-order valence-corrected chi connectivity index (χ3v) is 4.04. The van der Waals surface area contributed by atoms with Crippen LogP contribution in [-0.2, 0) is 10.2 Å². The Kier molecular flexibility index (Phi) is 6.74. The second kappa shape index (κ2) is 8.81. The monoisotopic (exact) mass is 389 g/mol. The van der Waals surface area contributed by atoms with Crippen molar-refractivity contribution < 1.29 is 13.9 Å². The third kappa shape index (κ3) is 6.53. The molecule has 0 aliphatic carbocycles. The first kappa shape index (κ1) is 20.6.